The van der Waals surface area contributed by atoms with Crippen molar-refractivity contribution in [1.82, 2.24) is 10.2 Å². The van der Waals surface area contributed by atoms with E-state index in [1.807, 2.05) is 0 Å². The van der Waals surface area contributed by atoms with Crippen LogP contribution in [0.1, 0.15) is 42.9 Å². The first-order chi connectivity index (χ1) is 16.7. The van der Waals surface area contributed by atoms with Gasteiger partial charge in [0.15, 0.2) is 5.60 Å². The maximum Gasteiger partial charge on any atom is 0.342 e. The minimum atomic E-state index is -1.73. The molecule has 0 saturated heterocycles. The molecule has 2 N–H and O–H groups in total. The van der Waals surface area contributed by atoms with E-state index in [0.29, 0.717) is 29.8 Å². The van der Waals surface area contributed by atoms with Crippen LogP contribution in [-0.2, 0) is 27.3 Å². The summed E-state index contributed by atoms with van der Waals surface area (Å²) in [5, 5.41) is 14.5. The highest BCUT2D eigenvalue weighted by atomic mass is 127. The molecule has 0 unspecified atom stereocenters. The second kappa shape index (κ2) is 9.19. The van der Waals surface area contributed by atoms with Crippen LogP contribution in [0, 0.1) is 0 Å². The molecule has 0 radical (unpaired) electrons. The van der Waals surface area contributed by atoms with Gasteiger partial charge in [-0.25, -0.2) is 4.79 Å². The van der Waals surface area contributed by atoms with Gasteiger partial charge in [-0.05, 0) is 52.0 Å². The maximum atomic E-state index is 13.6. The summed E-state index contributed by atoms with van der Waals surface area (Å²) in [5.74, 6) is 0.0780. The van der Waals surface area contributed by atoms with E-state index >= 15 is 0 Å². The molecule has 1 aromatic carbocycles. The van der Waals surface area contributed by atoms with Gasteiger partial charge in [-0.3, -0.25) is 4.79 Å². The molecule has 35 heavy (non-hydrogen) atoms. The molecule has 1 atom stereocenters. The second-order valence-electron chi connectivity index (χ2n) is 10.8. The third-order valence-corrected chi connectivity index (χ3v) is 12.1. The van der Waals surface area contributed by atoms with Gasteiger partial charge in [-0.2, -0.15) is 0 Å². The Bertz CT molecular complexity index is 1200. The van der Waals surface area contributed by atoms with Gasteiger partial charge in [-0.15, -0.1) is 0 Å². The van der Waals surface area contributed by atoms with Crippen molar-refractivity contribution in [3.8, 4) is 0 Å². The first kappa shape index (κ1) is 24.8. The zero-order chi connectivity index (χ0) is 25.0. The van der Waals surface area contributed by atoms with E-state index in [4.69, 9.17) is 4.74 Å². The van der Waals surface area contributed by atoms with Crippen LogP contribution in [0.15, 0.2) is 46.6 Å². The number of Topliss-reactive ketones (excluding diaryl/α,β-unsaturated/α-hetero) is 1. The number of nitrogens with one attached hydrogen (secondary N) is 1. The number of esters is 1. The smallest absolute Gasteiger partial charge is 0.342 e. The molecule has 0 amide bonds. The van der Waals surface area contributed by atoms with Crippen LogP contribution < -0.4 is 5.32 Å². The third-order valence-electron chi connectivity index (χ3n) is 8.00. The summed E-state index contributed by atoms with van der Waals surface area (Å²) in [7, 11) is -1.24. The first-order valence-electron chi connectivity index (χ1n) is 12.5. The molecule has 0 spiro atoms. The highest BCUT2D eigenvalue weighted by Gasteiger charge is 2.51. The molecule has 3 aliphatic heterocycles. The van der Waals surface area contributed by atoms with Crippen LogP contribution in [0.5, 0.6) is 0 Å². The van der Waals surface area contributed by atoms with E-state index in [1.165, 1.54) is 39.6 Å². The number of ketones is 1. The number of cyclic esters (lactones) is 1. The Morgan fingerprint density at radius 3 is 2.80 bits per heavy atom. The van der Waals surface area contributed by atoms with Crippen molar-refractivity contribution in [2.45, 2.75) is 69.9 Å². The van der Waals surface area contributed by atoms with Crippen molar-refractivity contribution < 1.29 is 19.4 Å². The lowest BCUT2D eigenvalue weighted by Crippen LogP contribution is -2.48. The fourth-order valence-corrected chi connectivity index (χ4v) is 9.18. The van der Waals surface area contributed by atoms with Gasteiger partial charge in [0.2, 0.25) is 5.78 Å². The number of allylic oxidation sites excluding steroid dienone is 2. The highest BCUT2D eigenvalue weighted by Crippen LogP contribution is 2.44. The molecule has 4 aliphatic rings. The third kappa shape index (κ3) is 4.21. The van der Waals surface area contributed by atoms with Crippen molar-refractivity contribution >= 4 is 48.5 Å². The van der Waals surface area contributed by atoms with Gasteiger partial charge in [0, 0.05) is 25.8 Å². The second-order valence-corrected chi connectivity index (χ2v) is 17.2. The standard InChI is InChI=1S/C27H33IN2O4Si/c1-4-27(33)21-14-22-24(25(31)20(21)16-34-26(27)32)30-15-19-17(9-12-35(2,3)11-6-10-28)7-5-8-18(19)13-23(30)29-22/h5,7-8,13,29,33H,4,6,9-12,14-16H2,1-3H3/t27-/m0/s1. The van der Waals surface area contributed by atoms with E-state index in [9.17, 15) is 14.7 Å². The zero-order valence-electron chi connectivity index (χ0n) is 20.7. The Balaban J connectivity index is 1.42. The van der Waals surface area contributed by atoms with E-state index < -0.39 is 19.6 Å². The van der Waals surface area contributed by atoms with Crippen LogP contribution >= 0.6 is 22.6 Å². The molecule has 6 nitrogen and oxygen atoms in total. The van der Waals surface area contributed by atoms with Gasteiger partial charge < -0.3 is 20.1 Å². The lowest BCUT2D eigenvalue weighted by molar-refractivity contribution is -0.163. The van der Waals surface area contributed by atoms with Crippen molar-refractivity contribution in [2.24, 2.45) is 0 Å². The average molecular weight is 605 g/mol. The molecule has 0 saturated carbocycles. The van der Waals surface area contributed by atoms with Crippen LogP contribution in [0.4, 0.5) is 0 Å². The molecule has 0 fully saturated rings. The van der Waals surface area contributed by atoms with E-state index in [-0.39, 0.29) is 18.8 Å². The SMILES string of the molecule is CC[C@@]1(O)C(=O)OCC2=C1CC1=C(C2=O)N2Cc3c(cccc3CC[Si](C)(C)CCCI)C=C2N1. The van der Waals surface area contributed by atoms with Gasteiger partial charge in [0.05, 0.1) is 6.54 Å². The molecule has 186 valence electrons. The van der Waals surface area contributed by atoms with E-state index in [1.54, 1.807) is 6.92 Å². The molecule has 0 bridgehead atoms. The summed E-state index contributed by atoms with van der Waals surface area (Å²) >= 11 is 2.47. The largest absolute Gasteiger partial charge is 0.458 e. The van der Waals surface area contributed by atoms with Crippen LogP contribution in [0.2, 0.25) is 25.2 Å². The summed E-state index contributed by atoms with van der Waals surface area (Å²) in [6.45, 7) is 7.30. The van der Waals surface area contributed by atoms with E-state index in [2.05, 4.69) is 70.2 Å². The van der Waals surface area contributed by atoms with Gasteiger partial charge in [0.25, 0.3) is 0 Å². The molecule has 5 rings (SSSR count). The number of carbonyl (C=O) groups excluding carboxylic acids is 2. The lowest BCUT2D eigenvalue weighted by Gasteiger charge is -2.36. The topological polar surface area (TPSA) is 78.9 Å². The molecule has 8 heteroatoms. The summed E-state index contributed by atoms with van der Waals surface area (Å²) in [5.41, 5.74) is 4.44. The van der Waals surface area contributed by atoms with Crippen molar-refractivity contribution in [1.29, 1.82) is 0 Å². The fraction of sp³-hybridized carbons (Fsp3) is 0.481. The van der Waals surface area contributed by atoms with Crippen molar-refractivity contribution in [3.63, 3.8) is 0 Å². The molecular formula is C27H33IN2O4Si. The van der Waals surface area contributed by atoms with Crippen molar-refractivity contribution in [2.75, 3.05) is 11.0 Å². The van der Waals surface area contributed by atoms with Gasteiger partial charge in [0.1, 0.15) is 18.1 Å². The average Bonchev–Trinajstić information content (AvgIpc) is 3.20. The number of benzene rings is 1. The number of fused-ring (bicyclic) bond motifs is 3. The Labute approximate surface area is 221 Å². The molecule has 3 heterocycles. The highest BCUT2D eigenvalue weighted by molar-refractivity contribution is 14.1. The summed E-state index contributed by atoms with van der Waals surface area (Å²) in [6.07, 6.45) is 5.03. The molecule has 0 aromatic heterocycles. The number of halogens is 1. The minimum absolute atomic E-state index is 0.0717. The number of nitrogens with zero attached hydrogens (tertiary/aromatic N) is 1. The number of carbonyl (C=O) groups is 2. The summed E-state index contributed by atoms with van der Waals surface area (Å²) in [6, 6.07) is 9.15. The van der Waals surface area contributed by atoms with Gasteiger partial charge in [-0.1, -0.05) is 72.9 Å². The maximum absolute atomic E-state index is 13.6. The van der Waals surface area contributed by atoms with E-state index in [0.717, 1.165) is 17.9 Å². The summed E-state index contributed by atoms with van der Waals surface area (Å²) < 4.78 is 6.46. The quantitative estimate of drug-likeness (QED) is 0.204. The fourth-order valence-electron chi connectivity index (χ4n) is 5.75. The number of aryl methyl sites for hydroxylation is 1. The van der Waals surface area contributed by atoms with Crippen molar-refractivity contribution in [3.05, 3.63) is 63.3 Å². The first-order valence-corrected chi connectivity index (χ1v) is 17.5. The number of rotatable bonds is 7. The normalized spacial score (nSPS) is 23.3. The Morgan fingerprint density at radius 1 is 1.26 bits per heavy atom. The minimum Gasteiger partial charge on any atom is -0.458 e. The van der Waals surface area contributed by atoms with Crippen LogP contribution in [-0.4, -0.2) is 46.5 Å². The number of hydrogen-bond donors (Lipinski definition) is 2. The predicted octanol–water partition coefficient (Wildman–Crippen LogP) is 4.66. The van der Waals surface area contributed by atoms with Crippen LogP contribution in [0.25, 0.3) is 6.08 Å². The Hall–Kier alpha value is -1.91. The number of ether oxygens (including phenoxy) is 1. The Kier molecular flexibility index (Phi) is 6.50. The van der Waals surface area contributed by atoms with Crippen LogP contribution in [0.3, 0.4) is 0 Å². The predicted molar refractivity (Wildman–Crippen MR) is 147 cm³/mol. The molecule has 1 aliphatic carbocycles. The van der Waals surface area contributed by atoms with Gasteiger partial charge >= 0.3 is 5.97 Å². The number of alkyl halides is 1. The number of aliphatic hydroxyl groups is 1. The monoisotopic (exact) mass is 604 g/mol. The number of hydrogen-bond acceptors (Lipinski definition) is 6. The Morgan fingerprint density at radius 2 is 2.06 bits per heavy atom. The molecular weight excluding hydrogens is 571 g/mol. The zero-order valence-corrected chi connectivity index (χ0v) is 23.8. The lowest BCUT2D eigenvalue weighted by atomic mass is 9.78. The molecule has 1 aromatic rings. The summed E-state index contributed by atoms with van der Waals surface area (Å²) in [4.78, 5) is 28.1.